The molecular formula is C18H31NO4S. The summed E-state index contributed by atoms with van der Waals surface area (Å²) in [5, 5.41) is 8.51. The predicted molar refractivity (Wildman–Crippen MR) is 100 cm³/mol. The van der Waals surface area contributed by atoms with Gasteiger partial charge in [0.05, 0.1) is 13.7 Å². The lowest BCUT2D eigenvalue weighted by Crippen LogP contribution is -2.19. The van der Waals surface area contributed by atoms with E-state index in [1.165, 1.54) is 22.4 Å². The molecule has 0 spiro atoms. The molecule has 0 saturated carbocycles. The minimum atomic E-state index is -0.942. The molecule has 1 aromatic rings. The molecule has 0 aliphatic rings. The van der Waals surface area contributed by atoms with Crippen molar-refractivity contribution in [1.82, 2.24) is 4.31 Å². The molecule has 0 radical (unpaired) electrons. The summed E-state index contributed by atoms with van der Waals surface area (Å²) in [7, 11) is 3.65. The summed E-state index contributed by atoms with van der Waals surface area (Å²) >= 11 is 1.64. The van der Waals surface area contributed by atoms with Crippen LogP contribution < -0.4 is 4.74 Å². The first kappa shape index (κ1) is 22.8. The minimum Gasteiger partial charge on any atom is -0.496 e. The SMILES string of the molecule is CCC.COc1cc(C)c(SN(C)CCOCC(=O)O)c(C)c1C. The van der Waals surface area contributed by atoms with E-state index in [0.717, 1.165) is 11.3 Å². The number of hydrogen-bond donors (Lipinski definition) is 1. The fourth-order valence-corrected chi connectivity index (χ4v) is 2.90. The number of methoxy groups -OCH3 is 1. The highest BCUT2D eigenvalue weighted by Crippen LogP contribution is 2.34. The molecule has 1 N–H and O–H groups in total. The number of aryl methyl sites for hydroxylation is 1. The van der Waals surface area contributed by atoms with Gasteiger partial charge in [0, 0.05) is 11.4 Å². The Morgan fingerprint density at radius 3 is 2.33 bits per heavy atom. The number of likely N-dealkylation sites (N-methyl/N-ethyl adjacent to an activating group) is 1. The Hall–Kier alpha value is -1.24. The average molecular weight is 358 g/mol. The summed E-state index contributed by atoms with van der Waals surface area (Å²) < 4.78 is 12.5. The van der Waals surface area contributed by atoms with Crippen molar-refractivity contribution in [2.75, 3.05) is 33.9 Å². The second-order valence-electron chi connectivity index (χ2n) is 5.57. The molecule has 24 heavy (non-hydrogen) atoms. The van der Waals surface area contributed by atoms with E-state index in [9.17, 15) is 4.79 Å². The summed E-state index contributed by atoms with van der Waals surface area (Å²) in [5.74, 6) is -0.0374. The number of ether oxygens (including phenoxy) is 2. The van der Waals surface area contributed by atoms with Gasteiger partial charge in [-0.3, -0.25) is 0 Å². The Labute approximate surface area is 150 Å². The van der Waals surface area contributed by atoms with Crippen molar-refractivity contribution in [3.05, 3.63) is 22.8 Å². The molecule has 5 nitrogen and oxygen atoms in total. The number of carboxylic acids is 1. The molecule has 0 saturated heterocycles. The molecule has 0 aromatic heterocycles. The molecule has 138 valence electrons. The molecule has 0 atom stereocenters. The van der Waals surface area contributed by atoms with Crippen molar-refractivity contribution in [3.8, 4) is 5.75 Å². The zero-order valence-electron chi connectivity index (χ0n) is 15.9. The van der Waals surface area contributed by atoms with Gasteiger partial charge in [-0.1, -0.05) is 20.3 Å². The van der Waals surface area contributed by atoms with Crippen molar-refractivity contribution in [2.24, 2.45) is 0 Å². The number of carboxylic acid groups (broad SMARTS) is 1. The smallest absolute Gasteiger partial charge is 0.329 e. The molecule has 1 rings (SSSR count). The lowest BCUT2D eigenvalue weighted by molar-refractivity contribution is -0.142. The van der Waals surface area contributed by atoms with Crippen LogP contribution in [0.2, 0.25) is 0 Å². The first-order chi connectivity index (χ1) is 11.3. The van der Waals surface area contributed by atoms with Crippen molar-refractivity contribution in [3.63, 3.8) is 0 Å². The van der Waals surface area contributed by atoms with Crippen LogP contribution in [0, 0.1) is 20.8 Å². The first-order valence-corrected chi connectivity index (χ1v) is 8.89. The van der Waals surface area contributed by atoms with Gasteiger partial charge in [0.25, 0.3) is 0 Å². The summed E-state index contributed by atoms with van der Waals surface area (Å²) in [6.07, 6.45) is 1.25. The minimum absolute atomic E-state index is 0.252. The van der Waals surface area contributed by atoms with E-state index in [4.69, 9.17) is 14.6 Å². The Morgan fingerprint density at radius 1 is 1.25 bits per heavy atom. The molecule has 1 aromatic carbocycles. The van der Waals surface area contributed by atoms with Gasteiger partial charge in [0.1, 0.15) is 12.4 Å². The van der Waals surface area contributed by atoms with Crippen molar-refractivity contribution in [1.29, 1.82) is 0 Å². The van der Waals surface area contributed by atoms with E-state index in [1.54, 1.807) is 19.1 Å². The van der Waals surface area contributed by atoms with Gasteiger partial charge in [0.2, 0.25) is 0 Å². The van der Waals surface area contributed by atoms with Crippen LogP contribution in [0.3, 0.4) is 0 Å². The molecule has 0 unspecified atom stereocenters. The molecular weight excluding hydrogens is 326 g/mol. The van der Waals surface area contributed by atoms with Crippen LogP contribution in [-0.4, -0.2) is 49.3 Å². The monoisotopic (exact) mass is 357 g/mol. The molecule has 6 heteroatoms. The molecule has 0 aliphatic carbocycles. The zero-order valence-corrected chi connectivity index (χ0v) is 16.7. The van der Waals surface area contributed by atoms with Gasteiger partial charge in [-0.2, -0.15) is 0 Å². The number of carbonyl (C=O) groups is 1. The van der Waals surface area contributed by atoms with Gasteiger partial charge >= 0.3 is 5.97 Å². The highest BCUT2D eigenvalue weighted by molar-refractivity contribution is 7.97. The number of hydrogen-bond acceptors (Lipinski definition) is 5. The number of benzene rings is 1. The van der Waals surface area contributed by atoms with Crippen LogP contribution in [0.5, 0.6) is 5.75 Å². The third-order valence-corrected chi connectivity index (χ3v) is 4.53. The third-order valence-electron chi connectivity index (χ3n) is 3.22. The number of nitrogens with zero attached hydrogens (tertiary/aromatic N) is 1. The van der Waals surface area contributed by atoms with Gasteiger partial charge in [0.15, 0.2) is 0 Å². The van der Waals surface area contributed by atoms with E-state index < -0.39 is 5.97 Å². The van der Waals surface area contributed by atoms with Gasteiger partial charge in [-0.05, 0) is 62.5 Å². The fraction of sp³-hybridized carbons (Fsp3) is 0.611. The molecule has 0 aliphatic heterocycles. The Kier molecular flexibility index (Phi) is 11.5. The fourth-order valence-electron chi connectivity index (χ4n) is 1.93. The van der Waals surface area contributed by atoms with Crippen LogP contribution in [0.15, 0.2) is 11.0 Å². The van der Waals surface area contributed by atoms with E-state index in [0.29, 0.717) is 13.2 Å². The predicted octanol–water partition coefficient (Wildman–Crippen LogP) is 4.08. The van der Waals surface area contributed by atoms with Crippen LogP contribution in [0.25, 0.3) is 0 Å². The van der Waals surface area contributed by atoms with Crippen molar-refractivity contribution in [2.45, 2.75) is 45.9 Å². The van der Waals surface area contributed by atoms with E-state index in [-0.39, 0.29) is 6.61 Å². The topological polar surface area (TPSA) is 59.0 Å². The van der Waals surface area contributed by atoms with E-state index >= 15 is 0 Å². The summed E-state index contributed by atoms with van der Waals surface area (Å²) in [5.41, 5.74) is 3.51. The maximum Gasteiger partial charge on any atom is 0.329 e. The van der Waals surface area contributed by atoms with E-state index in [1.807, 2.05) is 24.3 Å². The number of aliphatic carboxylic acids is 1. The quantitative estimate of drug-likeness (QED) is 0.559. The number of rotatable bonds is 8. The Bertz CT molecular complexity index is 520. The summed E-state index contributed by atoms with van der Waals surface area (Å²) in [6.45, 7) is 11.2. The van der Waals surface area contributed by atoms with Crippen LogP contribution in [-0.2, 0) is 9.53 Å². The van der Waals surface area contributed by atoms with Crippen molar-refractivity contribution >= 4 is 17.9 Å². The molecule has 0 fully saturated rings. The highest BCUT2D eigenvalue weighted by atomic mass is 32.2. The van der Waals surface area contributed by atoms with E-state index in [2.05, 4.69) is 27.7 Å². The summed E-state index contributed by atoms with van der Waals surface area (Å²) in [4.78, 5) is 11.6. The largest absolute Gasteiger partial charge is 0.496 e. The van der Waals surface area contributed by atoms with Crippen molar-refractivity contribution < 1.29 is 19.4 Å². The molecule has 0 heterocycles. The average Bonchev–Trinajstić information content (AvgIpc) is 2.52. The van der Waals surface area contributed by atoms with Gasteiger partial charge < -0.3 is 14.6 Å². The normalized spacial score (nSPS) is 10.3. The molecule has 0 bridgehead atoms. The zero-order chi connectivity index (χ0) is 18.7. The Morgan fingerprint density at radius 2 is 1.83 bits per heavy atom. The second kappa shape index (κ2) is 12.2. The maximum atomic E-state index is 10.4. The lowest BCUT2D eigenvalue weighted by atomic mass is 10.1. The lowest BCUT2D eigenvalue weighted by Gasteiger charge is -2.20. The second-order valence-corrected chi connectivity index (χ2v) is 6.79. The summed E-state index contributed by atoms with van der Waals surface area (Å²) in [6, 6.07) is 2.04. The molecule has 0 amide bonds. The standard InChI is InChI=1S/C15H23NO4S.C3H8/c1-10-8-13(19-5)11(2)12(3)15(10)21-16(4)6-7-20-9-14(17)18;1-3-2/h8H,6-7,9H2,1-5H3,(H,17,18);3H2,1-2H3. The first-order valence-electron chi connectivity index (χ1n) is 8.11. The Balaban J connectivity index is 0.00000163. The van der Waals surface area contributed by atoms with Crippen LogP contribution >= 0.6 is 11.9 Å². The van der Waals surface area contributed by atoms with Gasteiger partial charge in [-0.15, -0.1) is 0 Å². The van der Waals surface area contributed by atoms with Crippen LogP contribution in [0.1, 0.15) is 37.0 Å². The van der Waals surface area contributed by atoms with Gasteiger partial charge in [-0.25, -0.2) is 9.10 Å². The third kappa shape index (κ3) is 8.04. The maximum absolute atomic E-state index is 10.4. The van der Waals surface area contributed by atoms with Crippen LogP contribution in [0.4, 0.5) is 0 Å². The highest BCUT2D eigenvalue weighted by Gasteiger charge is 2.13.